The fourth-order valence-electron chi connectivity index (χ4n) is 1.69. The molecule has 18 heavy (non-hydrogen) atoms. The van der Waals surface area contributed by atoms with Gasteiger partial charge < -0.3 is 5.32 Å². The molecule has 0 aliphatic rings. The lowest BCUT2D eigenvalue weighted by molar-refractivity contribution is 0.0952. The lowest BCUT2D eigenvalue weighted by Crippen LogP contribution is -2.24. The number of alkyl halides is 1. The summed E-state index contributed by atoms with van der Waals surface area (Å²) < 4.78 is 0.891. The van der Waals surface area contributed by atoms with Gasteiger partial charge in [0.2, 0.25) is 0 Å². The van der Waals surface area contributed by atoms with Gasteiger partial charge in [0.05, 0.1) is 5.56 Å². The van der Waals surface area contributed by atoms with E-state index in [1.807, 2.05) is 25.1 Å². The lowest BCUT2D eigenvalue weighted by atomic mass is 10.1. The van der Waals surface area contributed by atoms with E-state index in [9.17, 15) is 4.79 Å². The summed E-state index contributed by atoms with van der Waals surface area (Å²) in [5.74, 6) is 0.00562. The van der Waals surface area contributed by atoms with E-state index in [1.54, 1.807) is 0 Å². The molecule has 100 valence electrons. The third-order valence-electron chi connectivity index (χ3n) is 2.78. The molecule has 1 N–H and O–H groups in total. The number of nitrogens with one attached hydrogen (secondary N) is 1. The first-order valence-electron chi connectivity index (χ1n) is 6.26. The maximum Gasteiger partial charge on any atom is 0.252 e. The molecule has 4 heteroatoms. The van der Waals surface area contributed by atoms with Gasteiger partial charge in [0, 0.05) is 16.3 Å². The van der Waals surface area contributed by atoms with Crippen molar-refractivity contribution < 1.29 is 4.79 Å². The molecular formula is C14H19Br2NO. The van der Waals surface area contributed by atoms with E-state index < -0.39 is 0 Å². The zero-order valence-electron chi connectivity index (χ0n) is 10.6. The van der Waals surface area contributed by atoms with Crippen molar-refractivity contribution in [1.82, 2.24) is 5.32 Å². The molecule has 0 heterocycles. The number of aryl methyl sites for hydroxylation is 1. The Morgan fingerprint density at radius 1 is 1.22 bits per heavy atom. The quantitative estimate of drug-likeness (QED) is 0.553. The minimum atomic E-state index is 0.00562. The summed E-state index contributed by atoms with van der Waals surface area (Å²) in [6.45, 7) is 2.74. The van der Waals surface area contributed by atoms with Gasteiger partial charge in [-0.05, 0) is 47.3 Å². The second kappa shape index (κ2) is 8.70. The van der Waals surface area contributed by atoms with Crippen LogP contribution in [-0.2, 0) is 0 Å². The van der Waals surface area contributed by atoms with Gasteiger partial charge in [-0.1, -0.05) is 40.9 Å². The number of halogens is 2. The fraction of sp³-hybridized carbons (Fsp3) is 0.500. The third-order valence-corrected chi connectivity index (χ3v) is 4.40. The molecule has 1 aromatic rings. The smallest absolute Gasteiger partial charge is 0.252 e. The molecule has 0 aliphatic carbocycles. The first-order valence-corrected chi connectivity index (χ1v) is 8.17. The Kier molecular flexibility index (Phi) is 7.59. The van der Waals surface area contributed by atoms with Crippen molar-refractivity contribution in [2.45, 2.75) is 32.6 Å². The summed E-state index contributed by atoms with van der Waals surface area (Å²) >= 11 is 6.87. The highest BCUT2D eigenvalue weighted by atomic mass is 79.9. The Morgan fingerprint density at radius 3 is 2.67 bits per heavy atom. The normalized spacial score (nSPS) is 10.4. The number of amides is 1. The van der Waals surface area contributed by atoms with E-state index in [1.165, 1.54) is 19.3 Å². The molecule has 0 aliphatic heterocycles. The van der Waals surface area contributed by atoms with E-state index in [0.29, 0.717) is 0 Å². The molecule has 2 nitrogen and oxygen atoms in total. The van der Waals surface area contributed by atoms with Crippen molar-refractivity contribution in [2.24, 2.45) is 0 Å². The standard InChI is InChI=1S/C14H19Br2NO/c1-11-7-6-8-12(13(11)16)14(18)17-10-5-3-2-4-9-15/h6-8H,2-5,9-10H2,1H3,(H,17,18). The summed E-state index contributed by atoms with van der Waals surface area (Å²) in [6, 6.07) is 5.74. The Hall–Kier alpha value is -0.350. The second-order valence-electron chi connectivity index (χ2n) is 4.30. The first kappa shape index (κ1) is 15.7. The Bertz CT molecular complexity index is 393. The van der Waals surface area contributed by atoms with Crippen molar-refractivity contribution >= 4 is 37.8 Å². The van der Waals surface area contributed by atoms with Gasteiger partial charge in [-0.2, -0.15) is 0 Å². The van der Waals surface area contributed by atoms with E-state index in [4.69, 9.17) is 0 Å². The summed E-state index contributed by atoms with van der Waals surface area (Å²) in [6.07, 6.45) is 4.63. The maximum atomic E-state index is 12.0. The zero-order chi connectivity index (χ0) is 13.4. The summed E-state index contributed by atoms with van der Waals surface area (Å²) in [7, 11) is 0. The van der Waals surface area contributed by atoms with Crippen molar-refractivity contribution in [1.29, 1.82) is 0 Å². The monoisotopic (exact) mass is 375 g/mol. The predicted molar refractivity (Wildman–Crippen MR) is 83.5 cm³/mol. The Morgan fingerprint density at radius 2 is 1.94 bits per heavy atom. The van der Waals surface area contributed by atoms with Crippen LogP contribution in [0.3, 0.4) is 0 Å². The Labute approximate surface area is 126 Å². The van der Waals surface area contributed by atoms with Crippen LogP contribution in [0.4, 0.5) is 0 Å². The van der Waals surface area contributed by atoms with E-state index in [0.717, 1.165) is 33.9 Å². The SMILES string of the molecule is Cc1cccc(C(=O)NCCCCCCBr)c1Br. The lowest BCUT2D eigenvalue weighted by Gasteiger charge is -2.08. The topological polar surface area (TPSA) is 29.1 Å². The molecule has 0 saturated heterocycles. The summed E-state index contributed by atoms with van der Waals surface area (Å²) in [5.41, 5.74) is 1.80. The minimum absolute atomic E-state index is 0.00562. The molecule has 0 unspecified atom stereocenters. The number of hydrogen-bond donors (Lipinski definition) is 1. The average Bonchev–Trinajstić information content (AvgIpc) is 2.36. The van der Waals surface area contributed by atoms with E-state index in [-0.39, 0.29) is 5.91 Å². The summed E-state index contributed by atoms with van der Waals surface area (Å²) in [5, 5.41) is 4.03. The van der Waals surface area contributed by atoms with Crippen LogP contribution >= 0.6 is 31.9 Å². The van der Waals surface area contributed by atoms with Crippen molar-refractivity contribution in [3.05, 3.63) is 33.8 Å². The molecule has 0 atom stereocenters. The average molecular weight is 377 g/mol. The molecule has 0 fully saturated rings. The summed E-state index contributed by atoms with van der Waals surface area (Å²) in [4.78, 5) is 12.0. The number of carbonyl (C=O) groups is 1. The molecule has 0 bridgehead atoms. The molecule has 1 rings (SSSR count). The van der Waals surface area contributed by atoms with Crippen LogP contribution in [0.2, 0.25) is 0 Å². The van der Waals surface area contributed by atoms with Gasteiger partial charge in [0.25, 0.3) is 5.91 Å². The van der Waals surface area contributed by atoms with Crippen LogP contribution in [0.15, 0.2) is 22.7 Å². The van der Waals surface area contributed by atoms with Gasteiger partial charge in [-0.15, -0.1) is 0 Å². The highest BCUT2D eigenvalue weighted by Crippen LogP contribution is 2.20. The van der Waals surface area contributed by atoms with Crippen molar-refractivity contribution in [3.63, 3.8) is 0 Å². The van der Waals surface area contributed by atoms with Crippen LogP contribution in [0, 0.1) is 6.92 Å². The number of unbranched alkanes of at least 4 members (excludes halogenated alkanes) is 3. The van der Waals surface area contributed by atoms with Gasteiger partial charge in [-0.3, -0.25) is 4.79 Å². The molecule has 1 aromatic carbocycles. The van der Waals surface area contributed by atoms with Crippen LogP contribution < -0.4 is 5.32 Å². The van der Waals surface area contributed by atoms with Crippen LogP contribution in [0.1, 0.15) is 41.6 Å². The number of carbonyl (C=O) groups excluding carboxylic acids is 1. The van der Waals surface area contributed by atoms with Gasteiger partial charge in [0.15, 0.2) is 0 Å². The molecule has 0 radical (unpaired) electrons. The molecule has 0 spiro atoms. The minimum Gasteiger partial charge on any atom is -0.352 e. The van der Waals surface area contributed by atoms with Crippen LogP contribution in [0.25, 0.3) is 0 Å². The highest BCUT2D eigenvalue weighted by Gasteiger charge is 2.10. The fourth-order valence-corrected chi connectivity index (χ4v) is 2.53. The molecule has 0 saturated carbocycles. The highest BCUT2D eigenvalue weighted by molar-refractivity contribution is 9.10. The zero-order valence-corrected chi connectivity index (χ0v) is 13.8. The number of benzene rings is 1. The first-order chi connectivity index (χ1) is 8.66. The molecule has 0 aromatic heterocycles. The van der Waals surface area contributed by atoms with E-state index in [2.05, 4.69) is 37.2 Å². The third kappa shape index (κ3) is 5.11. The van der Waals surface area contributed by atoms with Gasteiger partial charge >= 0.3 is 0 Å². The Balaban J connectivity index is 2.35. The van der Waals surface area contributed by atoms with Gasteiger partial charge in [-0.25, -0.2) is 0 Å². The van der Waals surface area contributed by atoms with Crippen LogP contribution in [-0.4, -0.2) is 17.8 Å². The van der Waals surface area contributed by atoms with E-state index >= 15 is 0 Å². The number of hydrogen-bond acceptors (Lipinski definition) is 1. The largest absolute Gasteiger partial charge is 0.352 e. The predicted octanol–water partition coefficient (Wildman–Crippen LogP) is 4.44. The maximum absolute atomic E-state index is 12.0. The van der Waals surface area contributed by atoms with Gasteiger partial charge in [0.1, 0.15) is 0 Å². The molecule has 1 amide bonds. The molecular weight excluding hydrogens is 358 g/mol. The number of rotatable bonds is 7. The van der Waals surface area contributed by atoms with Crippen molar-refractivity contribution in [3.8, 4) is 0 Å². The second-order valence-corrected chi connectivity index (χ2v) is 5.88. The van der Waals surface area contributed by atoms with Crippen LogP contribution in [0.5, 0.6) is 0 Å². The van der Waals surface area contributed by atoms with Crippen molar-refractivity contribution in [2.75, 3.05) is 11.9 Å².